The maximum atomic E-state index is 11.8. The van der Waals surface area contributed by atoms with Gasteiger partial charge in [0.2, 0.25) is 5.91 Å². The molecule has 1 heterocycles. The molecule has 0 aromatic carbocycles. The Balaban J connectivity index is 2.02. The number of piperidine rings is 1. The van der Waals surface area contributed by atoms with E-state index in [1.165, 1.54) is 38.6 Å². The summed E-state index contributed by atoms with van der Waals surface area (Å²) in [6, 6.07) is 1.16. The molecular weight excluding hydrogens is 250 g/mol. The number of carbonyl (C=O) groups excluding carboxylic acids is 1. The van der Waals surface area contributed by atoms with Crippen molar-refractivity contribution in [2.45, 2.75) is 76.9 Å². The number of nitrogens with two attached hydrogens (primary N) is 1. The number of likely N-dealkylation sites (tertiary alicyclic amines) is 1. The van der Waals surface area contributed by atoms with Crippen molar-refractivity contribution in [3.05, 3.63) is 0 Å². The molecule has 4 atom stereocenters. The predicted octanol–water partition coefficient (Wildman–Crippen LogP) is 1.88. The molecule has 2 aliphatic rings. The summed E-state index contributed by atoms with van der Waals surface area (Å²) < 4.78 is 0. The zero-order valence-corrected chi connectivity index (χ0v) is 13.3. The third kappa shape index (κ3) is 3.17. The van der Waals surface area contributed by atoms with Crippen LogP contribution in [0.25, 0.3) is 0 Å². The van der Waals surface area contributed by atoms with Crippen LogP contribution < -0.4 is 11.1 Å². The first-order valence-electron chi connectivity index (χ1n) is 8.28. The second kappa shape index (κ2) is 6.44. The van der Waals surface area contributed by atoms with Crippen molar-refractivity contribution in [1.82, 2.24) is 10.2 Å². The molecular formula is C16H31N3O. The first-order valence-corrected chi connectivity index (χ1v) is 8.28. The lowest BCUT2D eigenvalue weighted by Gasteiger charge is -2.44. The zero-order chi connectivity index (χ0) is 14.8. The number of fused-ring (bicyclic) bond motifs is 1. The Hall–Kier alpha value is -0.610. The van der Waals surface area contributed by atoms with Gasteiger partial charge < -0.3 is 11.1 Å². The van der Waals surface area contributed by atoms with E-state index in [9.17, 15) is 4.79 Å². The van der Waals surface area contributed by atoms with Gasteiger partial charge in [-0.15, -0.1) is 0 Å². The van der Waals surface area contributed by atoms with Crippen LogP contribution in [0, 0.1) is 5.92 Å². The van der Waals surface area contributed by atoms with Gasteiger partial charge in [-0.2, -0.15) is 0 Å². The molecule has 0 aromatic heterocycles. The number of primary amides is 1. The van der Waals surface area contributed by atoms with Gasteiger partial charge >= 0.3 is 0 Å². The fraction of sp³-hybridized carbons (Fsp3) is 0.938. The van der Waals surface area contributed by atoms with Crippen molar-refractivity contribution in [1.29, 1.82) is 0 Å². The van der Waals surface area contributed by atoms with E-state index in [1.807, 2.05) is 13.8 Å². The summed E-state index contributed by atoms with van der Waals surface area (Å²) in [5, 5.41) is 3.29. The van der Waals surface area contributed by atoms with Crippen molar-refractivity contribution >= 4 is 5.91 Å². The SMILES string of the molecule is CCNC(C)(CC(C)N1CCCC2CCCC21)C(N)=O. The third-order valence-corrected chi connectivity index (χ3v) is 5.42. The van der Waals surface area contributed by atoms with Crippen LogP contribution in [-0.2, 0) is 4.79 Å². The van der Waals surface area contributed by atoms with E-state index < -0.39 is 5.54 Å². The molecule has 4 nitrogen and oxygen atoms in total. The number of hydrogen-bond donors (Lipinski definition) is 2. The Labute approximate surface area is 123 Å². The van der Waals surface area contributed by atoms with Crippen LogP contribution in [0.1, 0.15) is 59.3 Å². The zero-order valence-electron chi connectivity index (χ0n) is 13.3. The minimum Gasteiger partial charge on any atom is -0.368 e. The summed E-state index contributed by atoms with van der Waals surface area (Å²) in [5.41, 5.74) is 5.04. The summed E-state index contributed by atoms with van der Waals surface area (Å²) in [4.78, 5) is 14.5. The van der Waals surface area contributed by atoms with E-state index in [4.69, 9.17) is 5.73 Å². The number of nitrogens with one attached hydrogen (secondary N) is 1. The molecule has 1 saturated carbocycles. The number of hydrogen-bond acceptors (Lipinski definition) is 3. The number of carbonyl (C=O) groups is 1. The normalized spacial score (nSPS) is 31.6. The Kier molecular flexibility index (Phi) is 5.08. The first-order chi connectivity index (χ1) is 9.48. The molecule has 1 aliphatic carbocycles. The lowest BCUT2D eigenvalue weighted by molar-refractivity contribution is -0.124. The molecule has 4 heteroatoms. The molecule has 0 bridgehead atoms. The van der Waals surface area contributed by atoms with Gasteiger partial charge in [-0.05, 0) is 65.0 Å². The average Bonchev–Trinajstić information content (AvgIpc) is 2.86. The van der Waals surface area contributed by atoms with E-state index in [0.29, 0.717) is 6.04 Å². The first kappa shape index (κ1) is 15.8. The molecule has 2 rings (SSSR count). The quantitative estimate of drug-likeness (QED) is 0.781. The second-order valence-corrected chi connectivity index (χ2v) is 6.92. The van der Waals surface area contributed by atoms with E-state index in [1.54, 1.807) is 0 Å². The van der Waals surface area contributed by atoms with E-state index in [0.717, 1.165) is 24.9 Å². The summed E-state index contributed by atoms with van der Waals surface area (Å²) in [6.07, 6.45) is 7.62. The van der Waals surface area contributed by atoms with Gasteiger partial charge in [0.1, 0.15) is 0 Å². The molecule has 0 radical (unpaired) electrons. The Morgan fingerprint density at radius 2 is 2.10 bits per heavy atom. The van der Waals surface area contributed by atoms with Gasteiger partial charge in [0, 0.05) is 12.1 Å². The standard InChI is InChI=1S/C16H31N3O/c1-4-18-16(3,15(17)20)11-12(2)19-10-6-8-13-7-5-9-14(13)19/h12-14,18H,4-11H2,1-3H3,(H2,17,20). The fourth-order valence-corrected chi connectivity index (χ4v) is 4.40. The maximum Gasteiger partial charge on any atom is 0.237 e. The molecule has 1 amide bonds. The van der Waals surface area contributed by atoms with Gasteiger partial charge in [-0.1, -0.05) is 13.3 Å². The number of nitrogens with zero attached hydrogens (tertiary/aromatic N) is 1. The summed E-state index contributed by atoms with van der Waals surface area (Å²) in [7, 11) is 0. The molecule has 1 aliphatic heterocycles. The molecule has 0 spiro atoms. The van der Waals surface area contributed by atoms with Crippen molar-refractivity contribution in [2.24, 2.45) is 11.7 Å². The largest absolute Gasteiger partial charge is 0.368 e. The van der Waals surface area contributed by atoms with Gasteiger partial charge in [-0.25, -0.2) is 0 Å². The average molecular weight is 281 g/mol. The predicted molar refractivity (Wildman–Crippen MR) is 82.4 cm³/mol. The van der Waals surface area contributed by atoms with Gasteiger partial charge in [0.25, 0.3) is 0 Å². The smallest absolute Gasteiger partial charge is 0.237 e. The van der Waals surface area contributed by atoms with Crippen molar-refractivity contribution in [2.75, 3.05) is 13.1 Å². The Bertz CT molecular complexity index is 347. The van der Waals surface area contributed by atoms with Crippen LogP contribution in [-0.4, -0.2) is 41.5 Å². The van der Waals surface area contributed by atoms with Gasteiger partial charge in [0.05, 0.1) is 5.54 Å². The number of likely N-dealkylation sites (N-methyl/N-ethyl adjacent to an activating group) is 1. The summed E-state index contributed by atoms with van der Waals surface area (Å²) in [5.74, 6) is 0.663. The molecule has 2 fully saturated rings. The van der Waals surface area contributed by atoms with E-state index >= 15 is 0 Å². The number of rotatable bonds is 6. The van der Waals surface area contributed by atoms with Crippen molar-refractivity contribution < 1.29 is 4.79 Å². The summed E-state index contributed by atoms with van der Waals surface area (Å²) in [6.45, 7) is 8.20. The van der Waals surface area contributed by atoms with Crippen LogP contribution in [0.5, 0.6) is 0 Å². The van der Waals surface area contributed by atoms with Gasteiger partial charge in [-0.3, -0.25) is 9.69 Å². The fourth-order valence-electron chi connectivity index (χ4n) is 4.40. The van der Waals surface area contributed by atoms with E-state index in [2.05, 4.69) is 17.1 Å². The third-order valence-electron chi connectivity index (χ3n) is 5.42. The summed E-state index contributed by atoms with van der Waals surface area (Å²) >= 11 is 0. The van der Waals surface area contributed by atoms with Crippen LogP contribution in [0.15, 0.2) is 0 Å². The molecule has 116 valence electrons. The highest BCUT2D eigenvalue weighted by atomic mass is 16.1. The Morgan fingerprint density at radius 1 is 1.40 bits per heavy atom. The molecule has 1 saturated heterocycles. The molecule has 3 N–H and O–H groups in total. The molecule has 4 unspecified atom stereocenters. The molecule has 0 aromatic rings. The Morgan fingerprint density at radius 3 is 2.75 bits per heavy atom. The van der Waals surface area contributed by atoms with Crippen molar-refractivity contribution in [3.63, 3.8) is 0 Å². The van der Waals surface area contributed by atoms with Crippen LogP contribution in [0.4, 0.5) is 0 Å². The lowest BCUT2D eigenvalue weighted by Crippen LogP contribution is -2.58. The number of amides is 1. The van der Waals surface area contributed by atoms with Crippen LogP contribution in [0.3, 0.4) is 0 Å². The highest BCUT2D eigenvalue weighted by Crippen LogP contribution is 2.38. The van der Waals surface area contributed by atoms with Crippen molar-refractivity contribution in [3.8, 4) is 0 Å². The topological polar surface area (TPSA) is 58.4 Å². The minimum absolute atomic E-state index is 0.230. The van der Waals surface area contributed by atoms with Gasteiger partial charge in [0.15, 0.2) is 0 Å². The lowest BCUT2D eigenvalue weighted by atomic mass is 9.87. The minimum atomic E-state index is -0.584. The second-order valence-electron chi connectivity index (χ2n) is 6.92. The van der Waals surface area contributed by atoms with E-state index in [-0.39, 0.29) is 5.91 Å². The highest BCUT2D eigenvalue weighted by molar-refractivity contribution is 5.84. The van der Waals surface area contributed by atoms with Crippen LogP contribution >= 0.6 is 0 Å². The monoisotopic (exact) mass is 281 g/mol. The molecule has 20 heavy (non-hydrogen) atoms. The van der Waals surface area contributed by atoms with Crippen LogP contribution in [0.2, 0.25) is 0 Å². The highest BCUT2D eigenvalue weighted by Gasteiger charge is 2.40. The maximum absolute atomic E-state index is 11.8.